The van der Waals surface area contributed by atoms with Gasteiger partial charge in [0.2, 0.25) is 0 Å². The van der Waals surface area contributed by atoms with Crippen molar-refractivity contribution in [3.8, 4) is 16.9 Å². The summed E-state index contributed by atoms with van der Waals surface area (Å²) in [6, 6.07) is 4.66. The predicted octanol–water partition coefficient (Wildman–Crippen LogP) is 4.97. The molecular weight excluding hydrogens is 631 g/mol. The van der Waals surface area contributed by atoms with Crippen molar-refractivity contribution in [1.82, 2.24) is 29.8 Å². The van der Waals surface area contributed by atoms with E-state index in [2.05, 4.69) is 36.3 Å². The van der Waals surface area contributed by atoms with Crippen LogP contribution in [0.25, 0.3) is 16.9 Å². The first kappa shape index (κ1) is 28.5. The van der Waals surface area contributed by atoms with Crippen LogP contribution in [0.3, 0.4) is 0 Å². The number of aryl methyl sites for hydroxylation is 1. The highest BCUT2D eigenvalue weighted by molar-refractivity contribution is 9.10. The molecule has 5 rings (SSSR count). The molecule has 0 bridgehead atoms. The Balaban J connectivity index is 1.54. The molecule has 16 heteroatoms. The van der Waals surface area contributed by atoms with Crippen LogP contribution in [-0.4, -0.2) is 58.8 Å². The number of aliphatic hydroxyl groups is 2. The Morgan fingerprint density at radius 3 is 2.62 bits per heavy atom. The lowest BCUT2D eigenvalue weighted by Crippen LogP contribution is -2.45. The second kappa shape index (κ2) is 10.8. The second-order valence-electron chi connectivity index (χ2n) is 9.03. The first-order valence-corrected chi connectivity index (χ1v) is 12.9. The molecule has 4 atom stereocenters. The molecule has 9 nitrogen and oxygen atoms in total. The minimum Gasteiger partial charge on any atom is -0.394 e. The van der Waals surface area contributed by atoms with Crippen molar-refractivity contribution in [2.24, 2.45) is 0 Å². The summed E-state index contributed by atoms with van der Waals surface area (Å²) in [5.41, 5.74) is -1.62. The third-order valence-corrected chi connectivity index (χ3v) is 7.28. The van der Waals surface area contributed by atoms with Crippen LogP contribution in [0.15, 0.2) is 41.0 Å². The van der Waals surface area contributed by atoms with Crippen LogP contribution in [0.4, 0.5) is 22.0 Å². The summed E-state index contributed by atoms with van der Waals surface area (Å²) >= 11 is 8.92. The molecule has 2 N–H and O–H groups in total. The maximum atomic E-state index is 14.5. The molecule has 1 aliphatic heterocycles. The Morgan fingerprint density at radius 1 is 1.18 bits per heavy atom. The van der Waals surface area contributed by atoms with Crippen molar-refractivity contribution < 1.29 is 36.9 Å². The molecular formula is C24H19BrClF5N6O3. The molecule has 3 heterocycles. The van der Waals surface area contributed by atoms with Crippen LogP contribution >= 0.6 is 27.5 Å². The van der Waals surface area contributed by atoms with Gasteiger partial charge in [0.05, 0.1) is 34.6 Å². The average Bonchev–Trinajstić information content (AvgIpc) is 3.54. The summed E-state index contributed by atoms with van der Waals surface area (Å²) in [5.74, 6) is -2.19. The molecule has 2 aromatic heterocycles. The molecule has 1 saturated heterocycles. The van der Waals surface area contributed by atoms with Crippen LogP contribution in [-0.2, 0) is 10.9 Å². The quantitative estimate of drug-likeness (QED) is 0.232. The largest absolute Gasteiger partial charge is 0.418 e. The fourth-order valence-corrected chi connectivity index (χ4v) is 5.03. The van der Waals surface area contributed by atoms with Crippen molar-refractivity contribution in [2.45, 2.75) is 43.9 Å². The molecule has 212 valence electrons. The zero-order chi connectivity index (χ0) is 28.9. The van der Waals surface area contributed by atoms with Gasteiger partial charge in [0.25, 0.3) is 0 Å². The van der Waals surface area contributed by atoms with Gasteiger partial charge in [-0.15, -0.1) is 5.10 Å². The second-order valence-corrected chi connectivity index (χ2v) is 10.3. The van der Waals surface area contributed by atoms with E-state index in [4.69, 9.17) is 16.3 Å². The Bertz CT molecular complexity index is 1560. The maximum Gasteiger partial charge on any atom is 0.418 e. The van der Waals surface area contributed by atoms with Gasteiger partial charge < -0.3 is 14.9 Å². The SMILES string of the molecule is Cc1nc(C2CC(n3cc(-c4ccc(Br)c(F)c4F)nn3)C(O)C(CO)O2)n(-c2cc(Cl)ccc2C(F)(F)F)n1. The van der Waals surface area contributed by atoms with Gasteiger partial charge in [-0.2, -0.15) is 18.3 Å². The summed E-state index contributed by atoms with van der Waals surface area (Å²) in [6.45, 7) is 0.826. The van der Waals surface area contributed by atoms with Crippen LogP contribution in [0, 0.1) is 18.6 Å². The van der Waals surface area contributed by atoms with E-state index in [-0.39, 0.29) is 38.8 Å². The molecule has 1 aliphatic rings. The van der Waals surface area contributed by atoms with E-state index in [1.165, 1.54) is 29.9 Å². The number of rotatable bonds is 5. The Kier molecular flexibility index (Phi) is 7.69. The zero-order valence-electron chi connectivity index (χ0n) is 20.3. The highest BCUT2D eigenvalue weighted by Gasteiger charge is 2.43. The molecule has 0 spiro atoms. The number of hydrogen-bond acceptors (Lipinski definition) is 7. The topological polar surface area (TPSA) is 111 Å². The van der Waals surface area contributed by atoms with Gasteiger partial charge in [0, 0.05) is 17.0 Å². The third-order valence-electron chi connectivity index (χ3n) is 6.43. The van der Waals surface area contributed by atoms with E-state index in [1.54, 1.807) is 0 Å². The number of aliphatic hydroxyl groups excluding tert-OH is 2. The monoisotopic (exact) mass is 648 g/mol. The molecule has 4 unspecified atom stereocenters. The van der Waals surface area contributed by atoms with Gasteiger partial charge in [-0.25, -0.2) is 23.1 Å². The Morgan fingerprint density at radius 2 is 1.93 bits per heavy atom. The standard InChI is InChI=1S/C24H19BrClF5N6O3/c1-10-32-23(37(34-10)16-6-11(26)2-4-13(16)24(29,30)31)18-7-17(22(39)19(9-38)40-18)36-8-15(33-35-36)12-3-5-14(25)21(28)20(12)27/h2-6,8,17-19,22,38-39H,7,9H2,1H3. The molecule has 0 saturated carbocycles. The Labute approximate surface area is 236 Å². The summed E-state index contributed by atoms with van der Waals surface area (Å²) in [5, 5.41) is 32.8. The van der Waals surface area contributed by atoms with Gasteiger partial charge in [-0.3, -0.25) is 0 Å². The summed E-state index contributed by atoms with van der Waals surface area (Å²) in [7, 11) is 0. The first-order chi connectivity index (χ1) is 18.9. The molecule has 0 radical (unpaired) electrons. The fourth-order valence-electron chi connectivity index (χ4n) is 4.56. The van der Waals surface area contributed by atoms with E-state index >= 15 is 0 Å². The number of ether oxygens (including phenoxy) is 1. The van der Waals surface area contributed by atoms with Crippen LogP contribution < -0.4 is 0 Å². The van der Waals surface area contributed by atoms with Crippen molar-refractivity contribution in [3.05, 3.63) is 74.9 Å². The van der Waals surface area contributed by atoms with E-state index in [0.717, 1.165) is 22.9 Å². The Hall–Kier alpha value is -2.98. The minimum absolute atomic E-state index is 0.0277. The van der Waals surface area contributed by atoms with E-state index in [1.807, 2.05) is 0 Å². The molecule has 4 aromatic rings. The molecule has 40 heavy (non-hydrogen) atoms. The maximum absolute atomic E-state index is 14.5. The summed E-state index contributed by atoms with van der Waals surface area (Å²) in [6.07, 6.45) is -7.19. The van der Waals surface area contributed by atoms with E-state index < -0.39 is 60.0 Å². The van der Waals surface area contributed by atoms with Crippen LogP contribution in [0.2, 0.25) is 5.02 Å². The van der Waals surface area contributed by atoms with Gasteiger partial charge in [-0.1, -0.05) is 16.8 Å². The van der Waals surface area contributed by atoms with Crippen LogP contribution in [0.1, 0.15) is 35.8 Å². The molecule has 0 amide bonds. The highest BCUT2D eigenvalue weighted by Crippen LogP contribution is 2.40. The van der Waals surface area contributed by atoms with Crippen molar-refractivity contribution in [2.75, 3.05) is 6.61 Å². The van der Waals surface area contributed by atoms with Gasteiger partial charge in [-0.05, 0) is 53.2 Å². The lowest BCUT2D eigenvalue weighted by molar-refractivity contribution is -0.161. The first-order valence-electron chi connectivity index (χ1n) is 11.7. The fraction of sp³-hybridized carbons (Fsp3) is 0.333. The number of nitrogens with zero attached hydrogens (tertiary/aromatic N) is 6. The number of alkyl halides is 3. The lowest BCUT2D eigenvalue weighted by atomic mass is 9.95. The zero-order valence-corrected chi connectivity index (χ0v) is 22.7. The average molecular weight is 650 g/mol. The predicted molar refractivity (Wildman–Crippen MR) is 134 cm³/mol. The van der Waals surface area contributed by atoms with Gasteiger partial charge >= 0.3 is 6.18 Å². The molecule has 0 aliphatic carbocycles. The highest BCUT2D eigenvalue weighted by atomic mass is 79.9. The summed E-state index contributed by atoms with van der Waals surface area (Å²) < 4.78 is 78.1. The molecule has 2 aromatic carbocycles. The van der Waals surface area contributed by atoms with Crippen molar-refractivity contribution in [1.29, 1.82) is 0 Å². The number of benzene rings is 2. The normalized spacial score (nSPS) is 21.6. The van der Waals surface area contributed by atoms with Gasteiger partial charge in [0.1, 0.15) is 29.8 Å². The number of hydrogen-bond donors (Lipinski definition) is 2. The number of halogens is 7. The van der Waals surface area contributed by atoms with E-state index in [0.29, 0.717) is 0 Å². The smallest absolute Gasteiger partial charge is 0.394 e. The third kappa shape index (κ3) is 5.23. The minimum atomic E-state index is -4.74. The number of aromatic nitrogens is 6. The summed E-state index contributed by atoms with van der Waals surface area (Å²) in [4.78, 5) is 4.28. The van der Waals surface area contributed by atoms with E-state index in [9.17, 15) is 32.2 Å². The lowest BCUT2D eigenvalue weighted by Gasteiger charge is -2.38. The van der Waals surface area contributed by atoms with Crippen molar-refractivity contribution >= 4 is 27.5 Å². The molecule has 1 fully saturated rings. The van der Waals surface area contributed by atoms with Gasteiger partial charge in [0.15, 0.2) is 17.5 Å². The van der Waals surface area contributed by atoms with Crippen LogP contribution in [0.5, 0.6) is 0 Å². The van der Waals surface area contributed by atoms with Crippen molar-refractivity contribution in [3.63, 3.8) is 0 Å².